The number of halogens is 1. The van der Waals surface area contributed by atoms with Crippen LogP contribution in [-0.2, 0) is 34.3 Å². The molecule has 2 atom stereocenters. The lowest BCUT2D eigenvalue weighted by Gasteiger charge is -2.28. The summed E-state index contributed by atoms with van der Waals surface area (Å²) in [5, 5.41) is 1.96. The minimum atomic E-state index is -0.560. The summed E-state index contributed by atoms with van der Waals surface area (Å²) in [6, 6.07) is 16.2. The van der Waals surface area contributed by atoms with Crippen LogP contribution in [0.3, 0.4) is 0 Å². The first-order valence-electron chi connectivity index (χ1n) is 11.9. The smallest absolute Gasteiger partial charge is 0.347 e. The number of hydrogen-bond donors (Lipinski definition) is 0. The molecule has 0 radical (unpaired) electrons. The summed E-state index contributed by atoms with van der Waals surface area (Å²) in [7, 11) is 4.14. The molecule has 4 aromatic rings. The van der Waals surface area contributed by atoms with Gasteiger partial charge in [0.25, 0.3) is 0 Å². The molecule has 178 valence electrons. The second-order valence-corrected chi connectivity index (χ2v) is 9.99. The molecule has 2 aromatic heterocycles. The van der Waals surface area contributed by atoms with Crippen molar-refractivity contribution in [1.82, 2.24) is 14.0 Å². The number of fused-ring (bicyclic) bond motifs is 5. The standard InChI is InChI=1S/C28H25N3O3.ClH/c1-29-12-16-11-23-24(19-8-4-6-10-22(19)31(23)14-17(16)13-29)26-25(27(32)34-28(26)33)20-15-30(2)21-9-5-3-7-18(20)21;/h3-10,15-17H,11-14H2,1-2H3;1H. The highest BCUT2D eigenvalue weighted by molar-refractivity contribution is 6.47. The maximum absolute atomic E-state index is 13.3. The third kappa shape index (κ3) is 3.06. The molecule has 35 heavy (non-hydrogen) atoms. The summed E-state index contributed by atoms with van der Waals surface area (Å²) >= 11 is 0. The van der Waals surface area contributed by atoms with Crippen LogP contribution in [0.4, 0.5) is 0 Å². The molecule has 7 rings (SSSR count). The van der Waals surface area contributed by atoms with Gasteiger partial charge < -0.3 is 18.8 Å². The van der Waals surface area contributed by atoms with Crippen molar-refractivity contribution in [2.75, 3.05) is 20.1 Å². The van der Waals surface area contributed by atoms with E-state index < -0.39 is 11.9 Å². The van der Waals surface area contributed by atoms with Gasteiger partial charge in [0, 0.05) is 71.5 Å². The number of ether oxygens (including phenoxy) is 1. The Balaban J connectivity index is 0.00000229. The molecule has 3 aliphatic heterocycles. The number of aryl methyl sites for hydroxylation is 1. The van der Waals surface area contributed by atoms with Crippen LogP contribution in [0.5, 0.6) is 0 Å². The molecule has 2 unspecified atom stereocenters. The normalized spacial score (nSPS) is 22.0. The first kappa shape index (κ1) is 22.1. The number of para-hydroxylation sites is 2. The van der Waals surface area contributed by atoms with Gasteiger partial charge in [0.05, 0.1) is 11.1 Å². The third-order valence-electron chi connectivity index (χ3n) is 7.97. The van der Waals surface area contributed by atoms with Crippen LogP contribution in [0.1, 0.15) is 16.8 Å². The van der Waals surface area contributed by atoms with E-state index in [0.717, 1.165) is 64.7 Å². The Labute approximate surface area is 209 Å². The lowest BCUT2D eigenvalue weighted by molar-refractivity contribution is -0.149. The predicted octanol–water partition coefficient (Wildman–Crippen LogP) is 4.28. The topological polar surface area (TPSA) is 56.5 Å². The molecule has 6 nitrogen and oxygen atoms in total. The van der Waals surface area contributed by atoms with E-state index in [4.69, 9.17) is 4.74 Å². The van der Waals surface area contributed by atoms with E-state index in [2.05, 4.69) is 28.6 Å². The molecule has 0 saturated carbocycles. The van der Waals surface area contributed by atoms with Gasteiger partial charge in [-0.05, 0) is 37.4 Å². The minimum absolute atomic E-state index is 0. The summed E-state index contributed by atoms with van der Waals surface area (Å²) in [6.07, 6.45) is 2.83. The molecule has 0 amide bonds. The highest BCUT2D eigenvalue weighted by Gasteiger charge is 2.42. The van der Waals surface area contributed by atoms with Crippen LogP contribution >= 0.6 is 12.4 Å². The first-order chi connectivity index (χ1) is 16.5. The number of rotatable bonds is 2. The van der Waals surface area contributed by atoms with Crippen molar-refractivity contribution in [3.8, 4) is 0 Å². The average Bonchev–Trinajstić information content (AvgIpc) is 3.53. The van der Waals surface area contributed by atoms with Gasteiger partial charge in [0.2, 0.25) is 0 Å². The van der Waals surface area contributed by atoms with Crippen LogP contribution in [0.25, 0.3) is 33.0 Å². The van der Waals surface area contributed by atoms with Gasteiger partial charge in [-0.1, -0.05) is 36.4 Å². The van der Waals surface area contributed by atoms with Crippen molar-refractivity contribution in [3.05, 3.63) is 71.5 Å². The first-order valence-corrected chi connectivity index (χ1v) is 11.9. The van der Waals surface area contributed by atoms with E-state index in [9.17, 15) is 9.59 Å². The molecule has 2 aromatic carbocycles. The van der Waals surface area contributed by atoms with Gasteiger partial charge in [-0.15, -0.1) is 12.4 Å². The van der Waals surface area contributed by atoms with Crippen LogP contribution < -0.4 is 0 Å². The molecular formula is C28H26ClN3O3. The number of likely N-dealkylation sites (tertiary alicyclic amines) is 1. The monoisotopic (exact) mass is 487 g/mol. The van der Waals surface area contributed by atoms with E-state index in [1.807, 2.05) is 54.2 Å². The van der Waals surface area contributed by atoms with E-state index in [1.54, 1.807) is 0 Å². The summed E-state index contributed by atoms with van der Waals surface area (Å²) in [5.41, 5.74) is 5.71. The Morgan fingerprint density at radius 3 is 2.26 bits per heavy atom. The van der Waals surface area contributed by atoms with Gasteiger partial charge >= 0.3 is 11.9 Å². The molecule has 5 heterocycles. The quantitative estimate of drug-likeness (QED) is 0.313. The number of carbonyl (C=O) groups is 2. The van der Waals surface area contributed by atoms with Gasteiger partial charge in [0.15, 0.2) is 0 Å². The van der Waals surface area contributed by atoms with Gasteiger partial charge in [-0.25, -0.2) is 9.59 Å². The molecule has 0 spiro atoms. The SMILES string of the molecule is CN1CC2Cc3c(C4=C(c5cn(C)c6ccccc56)C(=O)OC4=O)c4ccccc4n3CC2C1.Cl. The Hall–Kier alpha value is -3.35. The van der Waals surface area contributed by atoms with Gasteiger partial charge in [0.1, 0.15) is 0 Å². The molecule has 0 aliphatic carbocycles. The maximum atomic E-state index is 13.3. The Kier molecular flexibility index (Phi) is 4.95. The second-order valence-electron chi connectivity index (χ2n) is 9.99. The van der Waals surface area contributed by atoms with Gasteiger partial charge in [-0.2, -0.15) is 0 Å². The zero-order chi connectivity index (χ0) is 23.1. The van der Waals surface area contributed by atoms with Crippen molar-refractivity contribution >= 4 is 57.3 Å². The number of esters is 2. The van der Waals surface area contributed by atoms with E-state index in [1.165, 1.54) is 0 Å². The maximum Gasteiger partial charge on any atom is 0.347 e. The van der Waals surface area contributed by atoms with E-state index in [0.29, 0.717) is 23.0 Å². The summed E-state index contributed by atoms with van der Waals surface area (Å²) in [6.45, 7) is 3.09. The highest BCUT2D eigenvalue weighted by atomic mass is 35.5. The zero-order valence-electron chi connectivity index (χ0n) is 19.7. The molecule has 0 N–H and O–H groups in total. The van der Waals surface area contributed by atoms with Crippen molar-refractivity contribution in [2.45, 2.75) is 13.0 Å². The Morgan fingerprint density at radius 1 is 0.800 bits per heavy atom. The van der Waals surface area contributed by atoms with Crippen LogP contribution in [0.15, 0.2) is 54.7 Å². The number of carbonyl (C=O) groups excluding carboxylic acids is 2. The molecule has 1 fully saturated rings. The van der Waals surface area contributed by atoms with Gasteiger partial charge in [-0.3, -0.25) is 0 Å². The number of cyclic esters (lactones) is 2. The number of hydrogen-bond acceptors (Lipinski definition) is 4. The summed E-state index contributed by atoms with van der Waals surface area (Å²) < 4.78 is 9.67. The third-order valence-corrected chi connectivity index (χ3v) is 7.97. The molecule has 7 heteroatoms. The Bertz CT molecular complexity index is 1580. The van der Waals surface area contributed by atoms with Crippen molar-refractivity contribution in [2.24, 2.45) is 18.9 Å². The predicted molar refractivity (Wildman–Crippen MR) is 138 cm³/mol. The fourth-order valence-corrected chi connectivity index (χ4v) is 6.55. The second kappa shape index (κ2) is 7.83. The summed E-state index contributed by atoms with van der Waals surface area (Å²) in [5.74, 6) is 0.0487. The largest absolute Gasteiger partial charge is 0.386 e. The fourth-order valence-electron chi connectivity index (χ4n) is 6.55. The lowest BCUT2D eigenvalue weighted by Crippen LogP contribution is -2.28. The lowest BCUT2D eigenvalue weighted by atomic mass is 9.85. The molecule has 1 saturated heterocycles. The van der Waals surface area contributed by atoms with E-state index >= 15 is 0 Å². The van der Waals surface area contributed by atoms with E-state index in [-0.39, 0.29) is 12.4 Å². The van der Waals surface area contributed by atoms with Crippen LogP contribution in [0.2, 0.25) is 0 Å². The number of nitrogens with zero attached hydrogens (tertiary/aromatic N) is 3. The molecule has 3 aliphatic rings. The van der Waals surface area contributed by atoms with Crippen LogP contribution in [-0.4, -0.2) is 46.1 Å². The molecule has 0 bridgehead atoms. The highest BCUT2D eigenvalue weighted by Crippen LogP contribution is 2.45. The van der Waals surface area contributed by atoms with Crippen molar-refractivity contribution < 1.29 is 14.3 Å². The summed E-state index contributed by atoms with van der Waals surface area (Å²) in [4.78, 5) is 28.8. The molecular weight excluding hydrogens is 462 g/mol. The average molecular weight is 488 g/mol. The number of aromatic nitrogens is 2. The number of benzene rings is 2. The van der Waals surface area contributed by atoms with Crippen molar-refractivity contribution in [3.63, 3.8) is 0 Å². The Morgan fingerprint density at radius 2 is 1.46 bits per heavy atom. The zero-order valence-corrected chi connectivity index (χ0v) is 20.5. The van der Waals surface area contributed by atoms with Crippen molar-refractivity contribution in [1.29, 1.82) is 0 Å². The van der Waals surface area contributed by atoms with Crippen LogP contribution in [0, 0.1) is 11.8 Å². The minimum Gasteiger partial charge on any atom is -0.386 e. The fraction of sp³-hybridized carbons (Fsp3) is 0.286.